The third kappa shape index (κ3) is 3.67. The lowest BCUT2D eigenvalue weighted by Gasteiger charge is -2.28. The summed E-state index contributed by atoms with van der Waals surface area (Å²) in [5, 5.41) is 4.27. The Hall–Kier alpha value is -3.51. The van der Waals surface area contributed by atoms with Crippen LogP contribution in [0.1, 0.15) is 40.3 Å². The quantitative estimate of drug-likeness (QED) is 0.437. The van der Waals surface area contributed by atoms with Gasteiger partial charge in [-0.1, -0.05) is 30.3 Å². The molecule has 1 saturated heterocycles. The first-order valence-electron chi connectivity index (χ1n) is 10.7. The van der Waals surface area contributed by atoms with Crippen molar-refractivity contribution in [2.45, 2.75) is 32.5 Å². The molecule has 0 radical (unpaired) electrons. The van der Waals surface area contributed by atoms with Gasteiger partial charge in [0.2, 0.25) is 0 Å². The van der Waals surface area contributed by atoms with Crippen molar-refractivity contribution in [2.75, 3.05) is 4.90 Å². The number of aryl methyl sites for hydroxylation is 1. The van der Waals surface area contributed by atoms with E-state index >= 15 is 0 Å². The highest BCUT2D eigenvalue weighted by Gasteiger charge is 2.42. The summed E-state index contributed by atoms with van der Waals surface area (Å²) in [6.45, 7) is 5.14. The lowest BCUT2D eigenvalue weighted by molar-refractivity contribution is 0.563. The molecule has 0 aliphatic carbocycles. The van der Waals surface area contributed by atoms with Gasteiger partial charge in [-0.25, -0.2) is 0 Å². The van der Waals surface area contributed by atoms with Gasteiger partial charge in [0.25, 0.3) is 0 Å². The van der Waals surface area contributed by atoms with Crippen molar-refractivity contribution >= 4 is 23.0 Å². The fraction of sp³-hybridized carbons (Fsp3) is 0.192. The summed E-state index contributed by atoms with van der Waals surface area (Å²) >= 11 is 5.84. The van der Waals surface area contributed by atoms with Gasteiger partial charge in [0.1, 0.15) is 0 Å². The molecule has 1 aliphatic rings. The molecule has 2 atom stereocenters. The highest BCUT2D eigenvalue weighted by Crippen LogP contribution is 2.43. The molecule has 6 heteroatoms. The molecule has 5 nitrogen and oxygen atoms in total. The lowest BCUT2D eigenvalue weighted by atomic mass is 9.96. The fourth-order valence-corrected chi connectivity index (χ4v) is 4.93. The van der Waals surface area contributed by atoms with Crippen LogP contribution in [0.15, 0.2) is 85.3 Å². The van der Waals surface area contributed by atoms with Crippen molar-refractivity contribution in [3.8, 4) is 0 Å². The van der Waals surface area contributed by atoms with Crippen LogP contribution < -0.4 is 10.2 Å². The van der Waals surface area contributed by atoms with E-state index in [-0.39, 0.29) is 12.1 Å². The third-order valence-electron chi connectivity index (χ3n) is 6.13. The zero-order valence-corrected chi connectivity index (χ0v) is 19.0. The van der Waals surface area contributed by atoms with Gasteiger partial charge in [0.05, 0.1) is 17.8 Å². The van der Waals surface area contributed by atoms with Crippen LogP contribution in [0, 0.1) is 13.8 Å². The Labute approximate surface area is 193 Å². The molecule has 160 valence electrons. The van der Waals surface area contributed by atoms with E-state index in [1.807, 2.05) is 42.9 Å². The van der Waals surface area contributed by atoms with E-state index in [1.54, 1.807) is 0 Å². The van der Waals surface area contributed by atoms with Crippen LogP contribution in [0.3, 0.4) is 0 Å². The van der Waals surface area contributed by atoms with Crippen LogP contribution in [0.25, 0.3) is 0 Å². The van der Waals surface area contributed by atoms with Gasteiger partial charge in [-0.3, -0.25) is 9.97 Å². The van der Waals surface area contributed by atoms with E-state index in [0.29, 0.717) is 5.11 Å². The average molecular weight is 440 g/mol. The lowest BCUT2D eigenvalue weighted by Crippen LogP contribution is -2.29. The highest BCUT2D eigenvalue weighted by atomic mass is 32.1. The normalized spacial score (nSPS) is 18.1. The van der Waals surface area contributed by atoms with E-state index in [2.05, 4.69) is 81.1 Å². The summed E-state index contributed by atoms with van der Waals surface area (Å²) in [7, 11) is 0. The second-order valence-electron chi connectivity index (χ2n) is 8.11. The molecule has 1 N–H and O–H groups in total. The number of nitrogens with zero attached hydrogens (tertiary/aromatic N) is 4. The zero-order chi connectivity index (χ0) is 22.1. The minimum Gasteiger partial charge on any atom is -0.351 e. The van der Waals surface area contributed by atoms with Gasteiger partial charge in [0.15, 0.2) is 5.11 Å². The van der Waals surface area contributed by atoms with Crippen LogP contribution in [-0.2, 0) is 6.54 Å². The number of anilines is 1. The highest BCUT2D eigenvalue weighted by molar-refractivity contribution is 7.80. The first-order chi connectivity index (χ1) is 15.6. The molecule has 4 heterocycles. The molecule has 4 aromatic rings. The van der Waals surface area contributed by atoms with Crippen molar-refractivity contribution in [1.82, 2.24) is 19.9 Å². The standard InChI is InChI=1S/C26H25N5S/c1-18-15-22(19(2)30(18)17-20-9-8-13-27-16-20)25-24(23-12-6-7-14-28-23)29-26(32)31(25)21-10-4-3-5-11-21/h3-16,24-25H,17H2,1-2H3,(H,29,32)/t24-,25-/m0/s1. The summed E-state index contributed by atoms with van der Waals surface area (Å²) < 4.78 is 2.35. The predicted molar refractivity (Wildman–Crippen MR) is 132 cm³/mol. The second-order valence-corrected chi connectivity index (χ2v) is 8.49. The Morgan fingerprint density at radius 2 is 1.78 bits per heavy atom. The Kier molecular flexibility index (Phi) is 5.45. The van der Waals surface area contributed by atoms with Crippen LogP contribution in [0.4, 0.5) is 5.69 Å². The van der Waals surface area contributed by atoms with Crippen LogP contribution in [0.5, 0.6) is 0 Å². The average Bonchev–Trinajstić information content (AvgIpc) is 3.32. The Bertz CT molecular complexity index is 1220. The van der Waals surface area contributed by atoms with Crippen molar-refractivity contribution in [3.05, 3.63) is 114 Å². The number of para-hydroxylation sites is 1. The molecular formula is C26H25N5S. The molecule has 32 heavy (non-hydrogen) atoms. The summed E-state index contributed by atoms with van der Waals surface area (Å²) in [6, 6.07) is 22.7. The number of benzene rings is 1. The minimum atomic E-state index is -0.0451. The Morgan fingerprint density at radius 3 is 2.50 bits per heavy atom. The van der Waals surface area contributed by atoms with Gasteiger partial charge >= 0.3 is 0 Å². The van der Waals surface area contributed by atoms with E-state index < -0.39 is 0 Å². The molecule has 0 bridgehead atoms. The number of hydrogen-bond acceptors (Lipinski definition) is 3. The monoisotopic (exact) mass is 439 g/mol. The van der Waals surface area contributed by atoms with Crippen LogP contribution in [-0.4, -0.2) is 19.6 Å². The SMILES string of the molecule is Cc1cc([C@H]2[C@H](c3ccccn3)NC(=S)N2c2ccccc2)c(C)n1Cc1cccnc1. The molecule has 3 aromatic heterocycles. The van der Waals surface area contributed by atoms with Crippen molar-refractivity contribution in [1.29, 1.82) is 0 Å². The minimum absolute atomic E-state index is 0.00588. The molecule has 0 amide bonds. The molecule has 0 spiro atoms. The smallest absolute Gasteiger partial charge is 0.174 e. The van der Waals surface area contributed by atoms with Gasteiger partial charge in [-0.15, -0.1) is 0 Å². The van der Waals surface area contributed by atoms with Crippen molar-refractivity contribution in [2.24, 2.45) is 0 Å². The van der Waals surface area contributed by atoms with E-state index in [9.17, 15) is 0 Å². The van der Waals surface area contributed by atoms with E-state index in [4.69, 9.17) is 12.2 Å². The van der Waals surface area contributed by atoms with E-state index in [0.717, 1.165) is 17.9 Å². The van der Waals surface area contributed by atoms with Gasteiger partial charge in [-0.2, -0.15) is 0 Å². The third-order valence-corrected chi connectivity index (χ3v) is 6.44. The molecule has 1 aliphatic heterocycles. The molecule has 1 aromatic carbocycles. The number of hydrogen-bond donors (Lipinski definition) is 1. The fourth-order valence-electron chi connectivity index (χ4n) is 4.58. The van der Waals surface area contributed by atoms with Gasteiger partial charge in [-0.05, 0) is 73.6 Å². The number of rotatable bonds is 5. The maximum atomic E-state index is 5.84. The maximum absolute atomic E-state index is 5.84. The number of pyridine rings is 2. The largest absolute Gasteiger partial charge is 0.351 e. The number of aromatic nitrogens is 3. The van der Waals surface area contributed by atoms with E-state index in [1.165, 1.54) is 22.5 Å². The Balaban J connectivity index is 1.62. The molecule has 1 fully saturated rings. The number of nitrogens with one attached hydrogen (secondary N) is 1. The first-order valence-corrected chi connectivity index (χ1v) is 11.2. The topological polar surface area (TPSA) is 46.0 Å². The zero-order valence-electron chi connectivity index (χ0n) is 18.1. The summed E-state index contributed by atoms with van der Waals surface area (Å²) in [5.41, 5.74) is 6.93. The molecular weight excluding hydrogens is 414 g/mol. The number of thiocarbonyl (C=S) groups is 1. The van der Waals surface area contributed by atoms with Crippen molar-refractivity contribution < 1.29 is 0 Å². The van der Waals surface area contributed by atoms with Crippen molar-refractivity contribution in [3.63, 3.8) is 0 Å². The van der Waals surface area contributed by atoms with Crippen LogP contribution in [0.2, 0.25) is 0 Å². The van der Waals surface area contributed by atoms with Crippen LogP contribution >= 0.6 is 12.2 Å². The summed E-state index contributed by atoms with van der Waals surface area (Å²) in [4.78, 5) is 11.2. The van der Waals surface area contributed by atoms with Gasteiger partial charge < -0.3 is 14.8 Å². The van der Waals surface area contributed by atoms with Gasteiger partial charge in [0, 0.05) is 42.2 Å². The molecule has 0 saturated carbocycles. The first kappa shape index (κ1) is 20.4. The summed E-state index contributed by atoms with van der Waals surface area (Å²) in [6.07, 6.45) is 5.58. The predicted octanol–water partition coefficient (Wildman–Crippen LogP) is 5.12. The maximum Gasteiger partial charge on any atom is 0.174 e. The second kappa shape index (κ2) is 8.55. The molecule has 5 rings (SSSR count). The Morgan fingerprint density at radius 1 is 0.969 bits per heavy atom. The summed E-state index contributed by atoms with van der Waals surface area (Å²) in [5.74, 6) is 0. The molecule has 0 unspecified atom stereocenters.